The van der Waals surface area contributed by atoms with Gasteiger partial charge in [0.2, 0.25) is 5.91 Å². The van der Waals surface area contributed by atoms with E-state index >= 15 is 0 Å². The van der Waals surface area contributed by atoms with Crippen LogP contribution in [0.25, 0.3) is 0 Å². The van der Waals surface area contributed by atoms with E-state index in [1.807, 2.05) is 34.1 Å². The summed E-state index contributed by atoms with van der Waals surface area (Å²) in [6.45, 7) is 3.29. The summed E-state index contributed by atoms with van der Waals surface area (Å²) in [7, 11) is 4.29. The quantitative estimate of drug-likeness (QED) is 0.731. The van der Waals surface area contributed by atoms with Crippen molar-refractivity contribution in [2.24, 2.45) is 5.92 Å². The molecule has 1 saturated carbocycles. The fourth-order valence-corrected chi connectivity index (χ4v) is 4.94. The number of hydrogen-bond acceptors (Lipinski definition) is 4. The number of amides is 1. The molecule has 1 spiro atoms. The lowest BCUT2D eigenvalue weighted by Crippen LogP contribution is -2.50. The summed E-state index contributed by atoms with van der Waals surface area (Å²) in [4.78, 5) is 21.6. The van der Waals surface area contributed by atoms with Gasteiger partial charge in [0.15, 0.2) is 0 Å². The van der Waals surface area contributed by atoms with Crippen molar-refractivity contribution in [3.05, 3.63) is 48.5 Å². The normalized spacial score (nSPS) is 23.8. The Hall–Kier alpha value is -2.34. The van der Waals surface area contributed by atoms with Gasteiger partial charge in [-0.15, -0.1) is 0 Å². The number of aromatic nitrogens is 2. The van der Waals surface area contributed by atoms with Crippen LogP contribution >= 0.6 is 0 Å². The highest BCUT2D eigenvalue weighted by Crippen LogP contribution is 2.40. The van der Waals surface area contributed by atoms with Crippen LogP contribution in [-0.4, -0.2) is 58.0 Å². The Morgan fingerprint density at radius 3 is 2.80 bits per heavy atom. The summed E-state index contributed by atoms with van der Waals surface area (Å²) in [6.07, 6.45) is 11.2. The number of rotatable bonds is 6. The van der Waals surface area contributed by atoms with E-state index in [-0.39, 0.29) is 11.5 Å². The van der Waals surface area contributed by atoms with E-state index in [0.29, 0.717) is 25.4 Å². The molecule has 162 valence electrons. The predicted molar refractivity (Wildman–Crippen MR) is 117 cm³/mol. The molecule has 0 bridgehead atoms. The first-order valence-corrected chi connectivity index (χ1v) is 11.2. The lowest BCUT2D eigenvalue weighted by atomic mass is 9.78. The summed E-state index contributed by atoms with van der Waals surface area (Å²) in [5.41, 5.74) is 0.864. The molecule has 0 radical (unpaired) electrons. The van der Waals surface area contributed by atoms with Crippen molar-refractivity contribution in [1.29, 1.82) is 0 Å². The van der Waals surface area contributed by atoms with Crippen molar-refractivity contribution in [1.82, 2.24) is 19.4 Å². The minimum atomic E-state index is -0.255. The molecule has 1 aromatic heterocycles. The number of imidazole rings is 1. The Kier molecular flexibility index (Phi) is 6.42. The molecule has 4 rings (SSSR count). The molecule has 6 heteroatoms. The van der Waals surface area contributed by atoms with Gasteiger partial charge in [-0.1, -0.05) is 18.2 Å². The van der Waals surface area contributed by atoms with Gasteiger partial charge in [0.25, 0.3) is 0 Å². The Morgan fingerprint density at radius 1 is 1.27 bits per heavy atom. The molecular formula is C24H34N4O2. The minimum absolute atomic E-state index is 0.227. The summed E-state index contributed by atoms with van der Waals surface area (Å²) in [5.74, 6) is 1.90. The van der Waals surface area contributed by atoms with Crippen molar-refractivity contribution in [2.75, 3.05) is 27.2 Å². The van der Waals surface area contributed by atoms with Crippen molar-refractivity contribution in [3.63, 3.8) is 0 Å². The van der Waals surface area contributed by atoms with E-state index in [1.165, 1.54) is 0 Å². The Bertz CT molecular complexity index is 825. The van der Waals surface area contributed by atoms with Gasteiger partial charge in [-0.05, 0) is 58.2 Å². The van der Waals surface area contributed by atoms with Crippen LogP contribution in [0.5, 0.6) is 5.75 Å². The van der Waals surface area contributed by atoms with Crippen LogP contribution in [0.3, 0.4) is 0 Å². The number of para-hydroxylation sites is 1. The molecular weight excluding hydrogens is 376 g/mol. The highest BCUT2D eigenvalue weighted by Gasteiger charge is 2.42. The van der Waals surface area contributed by atoms with Crippen molar-refractivity contribution >= 4 is 5.91 Å². The highest BCUT2D eigenvalue weighted by molar-refractivity contribution is 5.76. The minimum Gasteiger partial charge on any atom is -0.485 e. The van der Waals surface area contributed by atoms with Crippen LogP contribution in [0.4, 0.5) is 0 Å². The van der Waals surface area contributed by atoms with Crippen LogP contribution in [0.1, 0.15) is 44.1 Å². The van der Waals surface area contributed by atoms with Crippen LogP contribution in [0.2, 0.25) is 0 Å². The summed E-state index contributed by atoms with van der Waals surface area (Å²) >= 11 is 0. The van der Waals surface area contributed by atoms with Gasteiger partial charge in [-0.2, -0.15) is 0 Å². The van der Waals surface area contributed by atoms with Crippen LogP contribution in [0, 0.1) is 5.92 Å². The van der Waals surface area contributed by atoms with Crippen LogP contribution in [-0.2, 0) is 17.9 Å². The molecule has 1 aromatic carbocycles. The van der Waals surface area contributed by atoms with Crippen molar-refractivity contribution in [3.8, 4) is 5.75 Å². The van der Waals surface area contributed by atoms with E-state index in [1.54, 1.807) is 6.20 Å². The number of fused-ring (bicyclic) bond motifs is 1. The zero-order chi connectivity index (χ0) is 21.0. The topological polar surface area (TPSA) is 50.6 Å². The molecule has 0 saturated heterocycles. The van der Waals surface area contributed by atoms with Crippen molar-refractivity contribution < 1.29 is 9.53 Å². The second-order valence-corrected chi connectivity index (χ2v) is 9.25. The zero-order valence-electron chi connectivity index (χ0n) is 18.3. The maximum Gasteiger partial charge on any atom is 0.223 e. The summed E-state index contributed by atoms with van der Waals surface area (Å²) < 4.78 is 8.69. The number of nitrogens with zero attached hydrogens (tertiary/aromatic N) is 4. The number of ether oxygens (including phenoxy) is 1. The monoisotopic (exact) mass is 410 g/mol. The first-order chi connectivity index (χ1) is 14.5. The number of hydrogen-bond donors (Lipinski definition) is 0. The first-order valence-electron chi connectivity index (χ1n) is 11.2. The highest BCUT2D eigenvalue weighted by atomic mass is 16.5. The molecule has 1 fully saturated rings. The molecule has 6 nitrogen and oxygen atoms in total. The lowest BCUT2D eigenvalue weighted by molar-refractivity contribution is -0.135. The van der Waals surface area contributed by atoms with E-state index < -0.39 is 0 Å². The average Bonchev–Trinajstić information content (AvgIpc) is 3.18. The summed E-state index contributed by atoms with van der Waals surface area (Å²) in [6, 6.07) is 8.23. The van der Waals surface area contributed by atoms with E-state index in [9.17, 15) is 4.79 Å². The smallest absolute Gasteiger partial charge is 0.223 e. The van der Waals surface area contributed by atoms with Gasteiger partial charge in [0, 0.05) is 44.0 Å². The second kappa shape index (κ2) is 9.21. The molecule has 0 N–H and O–H groups in total. The number of benzene rings is 1. The van der Waals surface area contributed by atoms with E-state index in [0.717, 1.165) is 56.5 Å². The van der Waals surface area contributed by atoms with Crippen molar-refractivity contribution in [2.45, 2.75) is 57.2 Å². The molecule has 1 aliphatic carbocycles. The largest absolute Gasteiger partial charge is 0.485 e. The Balaban J connectivity index is 1.45. The molecule has 1 aliphatic heterocycles. The van der Waals surface area contributed by atoms with Gasteiger partial charge in [0.1, 0.15) is 11.4 Å². The van der Waals surface area contributed by atoms with E-state index in [2.05, 4.69) is 36.1 Å². The third-order valence-electron chi connectivity index (χ3n) is 6.50. The van der Waals surface area contributed by atoms with Gasteiger partial charge in [0.05, 0.1) is 12.9 Å². The fourth-order valence-electron chi connectivity index (χ4n) is 4.94. The predicted octanol–water partition coefficient (Wildman–Crippen LogP) is 3.58. The number of aryl methyl sites for hydroxylation is 1. The molecule has 2 heterocycles. The lowest BCUT2D eigenvalue weighted by Gasteiger charge is -2.42. The Labute approximate surface area is 179 Å². The molecule has 2 aromatic rings. The first kappa shape index (κ1) is 20.9. The molecule has 30 heavy (non-hydrogen) atoms. The molecule has 0 unspecified atom stereocenters. The molecule has 0 atom stereocenters. The van der Waals surface area contributed by atoms with Gasteiger partial charge < -0.3 is 19.1 Å². The summed E-state index contributed by atoms with van der Waals surface area (Å²) in [5, 5.41) is 0. The standard InChI is InChI=1S/C24H34N4O2/c1-26(2)16-20-9-11-24(12-10-20)18-28(17-21-6-3-4-7-22(21)30-24)23(29)8-5-14-27-15-13-25-19-27/h3-4,6-7,13,15,19-20H,5,8-12,14,16-18H2,1-2H3. The van der Waals surface area contributed by atoms with E-state index in [4.69, 9.17) is 4.74 Å². The van der Waals surface area contributed by atoms with Gasteiger partial charge in [-0.3, -0.25) is 4.79 Å². The third-order valence-corrected chi connectivity index (χ3v) is 6.50. The number of carbonyl (C=O) groups is 1. The average molecular weight is 411 g/mol. The second-order valence-electron chi connectivity index (χ2n) is 9.25. The molecule has 2 aliphatic rings. The van der Waals surface area contributed by atoms with Crippen LogP contribution < -0.4 is 4.74 Å². The SMILES string of the molecule is CN(C)CC1CCC2(CC1)CN(C(=O)CCCn1ccnc1)Cc1ccccc1O2. The maximum absolute atomic E-state index is 13.2. The van der Waals surface area contributed by atoms with Gasteiger partial charge in [-0.25, -0.2) is 4.98 Å². The zero-order valence-corrected chi connectivity index (χ0v) is 18.3. The third kappa shape index (κ3) is 5.04. The van der Waals surface area contributed by atoms with Gasteiger partial charge >= 0.3 is 0 Å². The number of carbonyl (C=O) groups excluding carboxylic acids is 1. The molecule has 1 amide bonds. The maximum atomic E-state index is 13.2. The fraction of sp³-hybridized carbons (Fsp3) is 0.583. The Morgan fingerprint density at radius 2 is 2.07 bits per heavy atom. The van der Waals surface area contributed by atoms with Crippen LogP contribution in [0.15, 0.2) is 43.0 Å².